The number of hydrogen-bond acceptors (Lipinski definition) is 1. The highest BCUT2D eigenvalue weighted by molar-refractivity contribution is 5.23. The van der Waals surface area contributed by atoms with E-state index in [2.05, 4.69) is 6.92 Å². The van der Waals surface area contributed by atoms with E-state index in [0.29, 0.717) is 12.0 Å². The highest BCUT2D eigenvalue weighted by Gasteiger charge is 2.25. The van der Waals surface area contributed by atoms with Crippen LogP contribution in [0.25, 0.3) is 0 Å². The van der Waals surface area contributed by atoms with Gasteiger partial charge in [0.15, 0.2) is 0 Å². The Morgan fingerprint density at radius 1 is 1.19 bits per heavy atom. The maximum atomic E-state index is 13.5. The highest BCUT2D eigenvalue weighted by atomic mass is 19.1. The number of halogens is 1. The van der Waals surface area contributed by atoms with E-state index in [4.69, 9.17) is 0 Å². The van der Waals surface area contributed by atoms with E-state index in [1.165, 1.54) is 18.9 Å². The fourth-order valence-electron chi connectivity index (χ4n) is 1.93. The molecule has 0 aliphatic carbocycles. The third-order valence-corrected chi connectivity index (χ3v) is 2.97. The lowest BCUT2D eigenvalue weighted by Gasteiger charge is -2.24. The van der Waals surface area contributed by atoms with E-state index in [1.807, 2.05) is 0 Å². The molecule has 0 saturated heterocycles. The Labute approximate surface area is 97.3 Å². The Kier molecular flexibility index (Phi) is 4.94. The van der Waals surface area contributed by atoms with Gasteiger partial charge in [-0.25, -0.2) is 4.39 Å². The maximum absolute atomic E-state index is 13.5. The van der Waals surface area contributed by atoms with Crippen molar-refractivity contribution in [3.63, 3.8) is 0 Å². The zero-order valence-corrected chi connectivity index (χ0v) is 10.2. The molecule has 1 atom stereocenters. The molecule has 16 heavy (non-hydrogen) atoms. The summed E-state index contributed by atoms with van der Waals surface area (Å²) in [5.74, 6) is -0.317. The van der Waals surface area contributed by atoms with E-state index >= 15 is 0 Å². The number of rotatable bonds is 6. The molecule has 1 rings (SSSR count). The van der Waals surface area contributed by atoms with Crippen LogP contribution in [0.2, 0.25) is 0 Å². The fraction of sp³-hybridized carbons (Fsp3) is 0.571. The molecule has 0 aromatic heterocycles. The summed E-state index contributed by atoms with van der Waals surface area (Å²) < 4.78 is 13.5. The zero-order valence-electron chi connectivity index (χ0n) is 10.2. The summed E-state index contributed by atoms with van der Waals surface area (Å²) in [6.45, 7) is 3.84. The molecule has 0 fully saturated rings. The normalized spacial score (nSPS) is 14.8. The molecule has 1 N–H and O–H groups in total. The van der Waals surface area contributed by atoms with Crippen LogP contribution in [0.1, 0.15) is 51.5 Å². The molecule has 1 unspecified atom stereocenters. The van der Waals surface area contributed by atoms with Crippen molar-refractivity contribution in [2.45, 2.75) is 51.6 Å². The molecule has 0 radical (unpaired) electrons. The van der Waals surface area contributed by atoms with E-state index in [0.717, 1.165) is 12.8 Å². The van der Waals surface area contributed by atoms with Crippen LogP contribution in [0.4, 0.5) is 4.39 Å². The van der Waals surface area contributed by atoms with E-state index in [-0.39, 0.29) is 5.82 Å². The summed E-state index contributed by atoms with van der Waals surface area (Å²) >= 11 is 0. The molecule has 0 aliphatic rings. The van der Waals surface area contributed by atoms with Crippen LogP contribution in [0.5, 0.6) is 0 Å². The van der Waals surface area contributed by atoms with Crippen molar-refractivity contribution in [3.8, 4) is 0 Å². The Morgan fingerprint density at radius 3 is 2.50 bits per heavy atom. The van der Waals surface area contributed by atoms with Crippen LogP contribution in [0, 0.1) is 5.82 Å². The minimum Gasteiger partial charge on any atom is -0.385 e. The first-order chi connectivity index (χ1) is 7.58. The molecule has 90 valence electrons. The van der Waals surface area contributed by atoms with Crippen molar-refractivity contribution in [2.24, 2.45) is 0 Å². The lowest BCUT2D eigenvalue weighted by atomic mass is 9.90. The first-order valence-corrected chi connectivity index (χ1v) is 6.05. The standard InChI is InChI=1S/C14H21FO/c1-3-4-5-8-11-14(2,16)12-9-6-7-10-13(12)15/h6-7,9-10,16H,3-5,8,11H2,1-2H3. The van der Waals surface area contributed by atoms with E-state index < -0.39 is 5.60 Å². The Hall–Kier alpha value is -0.890. The van der Waals surface area contributed by atoms with Gasteiger partial charge in [0.2, 0.25) is 0 Å². The van der Waals surface area contributed by atoms with Crippen molar-refractivity contribution < 1.29 is 9.50 Å². The molecule has 0 spiro atoms. The molecule has 0 amide bonds. The zero-order chi connectivity index (χ0) is 12.0. The van der Waals surface area contributed by atoms with Crippen molar-refractivity contribution in [3.05, 3.63) is 35.6 Å². The van der Waals surface area contributed by atoms with Gasteiger partial charge in [0, 0.05) is 5.56 Å². The number of benzene rings is 1. The van der Waals surface area contributed by atoms with Crippen molar-refractivity contribution >= 4 is 0 Å². The lowest BCUT2D eigenvalue weighted by molar-refractivity contribution is 0.0412. The van der Waals surface area contributed by atoms with Gasteiger partial charge in [-0.3, -0.25) is 0 Å². The first kappa shape index (κ1) is 13.2. The summed E-state index contributed by atoms with van der Waals surface area (Å²) in [5.41, 5.74) is -0.634. The SMILES string of the molecule is CCCCCCC(C)(O)c1ccccc1F. The van der Waals surface area contributed by atoms with Gasteiger partial charge in [0.05, 0.1) is 5.60 Å². The molecule has 0 bridgehead atoms. The minimum atomic E-state index is -1.04. The van der Waals surface area contributed by atoms with Crippen LogP contribution in [0.15, 0.2) is 24.3 Å². The molecular weight excluding hydrogens is 203 g/mol. The Bertz CT molecular complexity index is 320. The van der Waals surface area contributed by atoms with Crippen LogP contribution >= 0.6 is 0 Å². The van der Waals surface area contributed by atoms with Gasteiger partial charge in [0.25, 0.3) is 0 Å². The van der Waals surface area contributed by atoms with Gasteiger partial charge < -0.3 is 5.11 Å². The smallest absolute Gasteiger partial charge is 0.129 e. The Balaban J connectivity index is 2.59. The van der Waals surface area contributed by atoms with Crippen molar-refractivity contribution in [1.29, 1.82) is 0 Å². The average molecular weight is 224 g/mol. The van der Waals surface area contributed by atoms with Gasteiger partial charge in [-0.05, 0) is 19.4 Å². The molecule has 1 nitrogen and oxygen atoms in total. The molecule has 1 aromatic rings. The van der Waals surface area contributed by atoms with Gasteiger partial charge in [-0.15, -0.1) is 0 Å². The average Bonchev–Trinajstić information content (AvgIpc) is 2.25. The predicted octanol–water partition coefficient (Wildman–Crippen LogP) is 4.00. The van der Waals surface area contributed by atoms with Crippen molar-refractivity contribution in [2.75, 3.05) is 0 Å². The predicted molar refractivity (Wildman–Crippen MR) is 64.7 cm³/mol. The van der Waals surface area contributed by atoms with Crippen LogP contribution in [0.3, 0.4) is 0 Å². The second-order valence-corrected chi connectivity index (χ2v) is 4.56. The summed E-state index contributed by atoms with van der Waals surface area (Å²) in [4.78, 5) is 0. The second-order valence-electron chi connectivity index (χ2n) is 4.56. The van der Waals surface area contributed by atoms with Crippen LogP contribution < -0.4 is 0 Å². The quantitative estimate of drug-likeness (QED) is 0.724. The molecule has 2 heteroatoms. The van der Waals surface area contributed by atoms with Gasteiger partial charge in [-0.1, -0.05) is 50.8 Å². The van der Waals surface area contributed by atoms with Crippen LogP contribution in [-0.2, 0) is 5.60 Å². The topological polar surface area (TPSA) is 20.2 Å². The third kappa shape index (κ3) is 3.60. The fourth-order valence-corrected chi connectivity index (χ4v) is 1.93. The minimum absolute atomic E-state index is 0.317. The summed E-state index contributed by atoms with van der Waals surface area (Å²) in [6.07, 6.45) is 5.00. The Morgan fingerprint density at radius 2 is 1.88 bits per heavy atom. The number of unbranched alkanes of at least 4 members (excludes halogenated alkanes) is 3. The third-order valence-electron chi connectivity index (χ3n) is 2.97. The molecule has 0 heterocycles. The van der Waals surface area contributed by atoms with E-state index in [9.17, 15) is 9.50 Å². The molecular formula is C14H21FO. The molecule has 0 aliphatic heterocycles. The van der Waals surface area contributed by atoms with Gasteiger partial charge >= 0.3 is 0 Å². The first-order valence-electron chi connectivity index (χ1n) is 6.05. The van der Waals surface area contributed by atoms with Gasteiger partial charge in [-0.2, -0.15) is 0 Å². The largest absolute Gasteiger partial charge is 0.385 e. The highest BCUT2D eigenvalue weighted by Crippen LogP contribution is 2.28. The maximum Gasteiger partial charge on any atom is 0.129 e. The number of hydrogen-bond donors (Lipinski definition) is 1. The summed E-state index contributed by atoms with van der Waals surface area (Å²) in [5, 5.41) is 10.2. The van der Waals surface area contributed by atoms with Crippen molar-refractivity contribution in [1.82, 2.24) is 0 Å². The lowest BCUT2D eigenvalue weighted by Crippen LogP contribution is -2.22. The van der Waals surface area contributed by atoms with Gasteiger partial charge in [0.1, 0.15) is 5.82 Å². The summed E-state index contributed by atoms with van der Waals surface area (Å²) in [7, 11) is 0. The molecule has 1 aromatic carbocycles. The second kappa shape index (κ2) is 6.00. The summed E-state index contributed by atoms with van der Waals surface area (Å²) in [6, 6.07) is 6.47. The van der Waals surface area contributed by atoms with Crippen LogP contribution in [-0.4, -0.2) is 5.11 Å². The van der Waals surface area contributed by atoms with E-state index in [1.54, 1.807) is 25.1 Å². The monoisotopic (exact) mass is 224 g/mol. The number of aliphatic hydroxyl groups is 1. The molecule has 0 saturated carbocycles.